The summed E-state index contributed by atoms with van der Waals surface area (Å²) < 4.78 is 14.5. The number of anilines is 1. The van der Waals surface area contributed by atoms with E-state index in [0.29, 0.717) is 20.7 Å². The number of hydrogen-bond acceptors (Lipinski definition) is 6. The first-order valence-electron chi connectivity index (χ1n) is 7.50. The molecule has 0 bridgehead atoms. The molecular weight excluding hydrogens is 435 g/mol. The van der Waals surface area contributed by atoms with Crippen molar-refractivity contribution in [1.82, 2.24) is 4.98 Å². The normalized spacial score (nSPS) is 11.1. The average molecular weight is 445 g/mol. The van der Waals surface area contributed by atoms with E-state index in [0.717, 1.165) is 0 Å². The maximum absolute atomic E-state index is 13.9. The lowest BCUT2D eigenvalue weighted by molar-refractivity contribution is -0.384. The first-order chi connectivity index (χ1) is 13.0. The summed E-state index contributed by atoms with van der Waals surface area (Å²) in [6.07, 6.45) is 1.38. The van der Waals surface area contributed by atoms with E-state index in [1.807, 2.05) is 6.07 Å². The molecule has 1 heterocycles. The topological polar surface area (TPSA) is 91.8 Å². The number of nitriles is 1. The highest BCUT2D eigenvalue weighted by Gasteiger charge is 2.12. The van der Waals surface area contributed by atoms with Crippen LogP contribution in [0, 0.1) is 27.3 Å². The van der Waals surface area contributed by atoms with Crippen LogP contribution in [0.1, 0.15) is 5.01 Å². The minimum atomic E-state index is -0.478. The van der Waals surface area contributed by atoms with Crippen molar-refractivity contribution in [3.8, 4) is 17.3 Å². The van der Waals surface area contributed by atoms with E-state index >= 15 is 0 Å². The van der Waals surface area contributed by atoms with Gasteiger partial charge in [0.05, 0.1) is 16.3 Å². The first kappa shape index (κ1) is 18.7. The number of allylic oxidation sites excluding steroid dienone is 1. The highest BCUT2D eigenvalue weighted by Crippen LogP contribution is 2.28. The second kappa shape index (κ2) is 8.07. The van der Waals surface area contributed by atoms with Gasteiger partial charge in [-0.3, -0.25) is 10.1 Å². The molecule has 27 heavy (non-hydrogen) atoms. The number of nitro benzene ring substituents is 1. The van der Waals surface area contributed by atoms with Crippen LogP contribution in [0.2, 0.25) is 0 Å². The SMILES string of the molecule is N#CC(=CNc1ccc(Br)cc1F)c1nc(-c2cccc([N+](=O)[O-])c2)cs1. The molecule has 0 fully saturated rings. The highest BCUT2D eigenvalue weighted by molar-refractivity contribution is 9.10. The zero-order valence-electron chi connectivity index (χ0n) is 13.5. The largest absolute Gasteiger partial charge is 0.358 e. The number of nitrogens with zero attached hydrogens (tertiary/aromatic N) is 3. The number of nitrogens with one attached hydrogen (secondary N) is 1. The van der Waals surface area contributed by atoms with Crippen LogP contribution in [0.5, 0.6) is 0 Å². The molecule has 1 aromatic heterocycles. The number of nitro groups is 1. The van der Waals surface area contributed by atoms with E-state index in [9.17, 15) is 19.8 Å². The summed E-state index contributed by atoms with van der Waals surface area (Å²) in [7, 11) is 0. The lowest BCUT2D eigenvalue weighted by atomic mass is 10.1. The molecule has 0 saturated carbocycles. The Hall–Kier alpha value is -3.09. The zero-order valence-corrected chi connectivity index (χ0v) is 15.9. The van der Waals surface area contributed by atoms with Crippen LogP contribution in [0.25, 0.3) is 16.8 Å². The molecule has 2 aromatic carbocycles. The van der Waals surface area contributed by atoms with Crippen molar-refractivity contribution < 1.29 is 9.31 Å². The summed E-state index contributed by atoms with van der Waals surface area (Å²) in [5.74, 6) is -0.464. The van der Waals surface area contributed by atoms with Gasteiger partial charge in [0.2, 0.25) is 0 Å². The Morgan fingerprint density at radius 3 is 2.89 bits per heavy atom. The lowest BCUT2D eigenvalue weighted by Crippen LogP contribution is -1.94. The lowest BCUT2D eigenvalue weighted by Gasteiger charge is -2.03. The van der Waals surface area contributed by atoms with Crippen LogP contribution in [0.4, 0.5) is 15.8 Å². The summed E-state index contributed by atoms with van der Waals surface area (Å²) in [4.78, 5) is 14.8. The number of benzene rings is 2. The van der Waals surface area contributed by atoms with Gasteiger partial charge in [0.15, 0.2) is 0 Å². The molecule has 0 atom stereocenters. The average Bonchev–Trinajstić information content (AvgIpc) is 3.14. The van der Waals surface area contributed by atoms with Crippen molar-refractivity contribution in [3.05, 3.63) is 79.5 Å². The molecule has 0 aliphatic rings. The van der Waals surface area contributed by atoms with Gasteiger partial charge in [-0.1, -0.05) is 28.1 Å². The van der Waals surface area contributed by atoms with E-state index < -0.39 is 10.7 Å². The third kappa shape index (κ3) is 4.36. The standard InChI is InChI=1S/C18H10BrFN4O2S/c19-13-4-5-16(15(20)7-13)22-9-12(8-21)18-23-17(10-27-18)11-2-1-3-14(6-11)24(25)26/h1-7,9-10,22H. The zero-order chi connectivity index (χ0) is 19.4. The third-order valence-corrected chi connectivity index (χ3v) is 4.88. The highest BCUT2D eigenvalue weighted by atomic mass is 79.9. The van der Waals surface area contributed by atoms with Crippen molar-refractivity contribution in [3.63, 3.8) is 0 Å². The van der Waals surface area contributed by atoms with Crippen LogP contribution in [-0.2, 0) is 0 Å². The number of hydrogen-bond donors (Lipinski definition) is 1. The third-order valence-electron chi connectivity index (χ3n) is 3.51. The van der Waals surface area contributed by atoms with Gasteiger partial charge in [0.1, 0.15) is 22.5 Å². The molecule has 0 aliphatic carbocycles. The Bertz CT molecular complexity index is 1090. The Morgan fingerprint density at radius 1 is 1.37 bits per heavy atom. The Balaban J connectivity index is 1.86. The van der Waals surface area contributed by atoms with Gasteiger partial charge in [-0.25, -0.2) is 9.37 Å². The summed E-state index contributed by atoms with van der Waals surface area (Å²) in [5.41, 5.74) is 1.51. The molecule has 0 aliphatic heterocycles. The maximum atomic E-state index is 13.9. The smallest absolute Gasteiger partial charge is 0.270 e. The Morgan fingerprint density at radius 2 is 2.19 bits per heavy atom. The van der Waals surface area contributed by atoms with Gasteiger partial charge in [-0.15, -0.1) is 11.3 Å². The van der Waals surface area contributed by atoms with Crippen molar-refractivity contribution in [1.29, 1.82) is 5.26 Å². The van der Waals surface area contributed by atoms with E-state index in [-0.39, 0.29) is 16.9 Å². The molecule has 0 unspecified atom stereocenters. The van der Waals surface area contributed by atoms with Gasteiger partial charge in [0, 0.05) is 33.7 Å². The van der Waals surface area contributed by atoms with Gasteiger partial charge >= 0.3 is 0 Å². The monoisotopic (exact) mass is 444 g/mol. The molecule has 134 valence electrons. The Kier molecular flexibility index (Phi) is 5.59. The van der Waals surface area contributed by atoms with Crippen LogP contribution in [0.15, 0.2) is 58.5 Å². The van der Waals surface area contributed by atoms with E-state index in [1.165, 1.54) is 35.7 Å². The fourth-order valence-electron chi connectivity index (χ4n) is 2.21. The summed E-state index contributed by atoms with van der Waals surface area (Å²) in [5, 5.41) is 25.2. The molecule has 3 aromatic rings. The van der Waals surface area contributed by atoms with Crippen LogP contribution in [0.3, 0.4) is 0 Å². The molecule has 0 radical (unpaired) electrons. The van der Waals surface area contributed by atoms with Crippen LogP contribution in [-0.4, -0.2) is 9.91 Å². The molecule has 6 nitrogen and oxygen atoms in total. The van der Waals surface area contributed by atoms with Gasteiger partial charge in [0.25, 0.3) is 5.69 Å². The second-order valence-electron chi connectivity index (χ2n) is 5.28. The Labute approximate surface area is 165 Å². The molecule has 0 spiro atoms. The molecular formula is C18H10BrFN4O2S. The van der Waals surface area contributed by atoms with Crippen molar-refractivity contribution in [2.45, 2.75) is 0 Å². The fraction of sp³-hybridized carbons (Fsp3) is 0. The van der Waals surface area contributed by atoms with Crippen LogP contribution >= 0.6 is 27.3 Å². The fourth-order valence-corrected chi connectivity index (χ4v) is 3.33. The second-order valence-corrected chi connectivity index (χ2v) is 7.06. The number of halogens is 2. The minimum absolute atomic E-state index is 0.0366. The van der Waals surface area contributed by atoms with Crippen molar-refractivity contribution in [2.24, 2.45) is 0 Å². The van der Waals surface area contributed by atoms with E-state index in [2.05, 4.69) is 26.2 Å². The van der Waals surface area contributed by atoms with Crippen molar-refractivity contribution >= 4 is 44.2 Å². The number of thiazole rings is 1. The molecule has 0 saturated heterocycles. The van der Waals surface area contributed by atoms with Gasteiger partial charge < -0.3 is 5.32 Å². The maximum Gasteiger partial charge on any atom is 0.270 e. The first-order valence-corrected chi connectivity index (χ1v) is 9.18. The van der Waals surface area contributed by atoms with E-state index in [4.69, 9.17) is 0 Å². The molecule has 0 amide bonds. The van der Waals surface area contributed by atoms with Crippen molar-refractivity contribution in [2.75, 3.05) is 5.32 Å². The quantitative estimate of drug-likeness (QED) is 0.314. The number of non-ortho nitro benzene ring substituents is 1. The summed E-state index contributed by atoms with van der Waals surface area (Å²) in [6, 6.07) is 12.6. The number of rotatable bonds is 5. The van der Waals surface area contributed by atoms with E-state index in [1.54, 1.807) is 29.6 Å². The van der Waals surface area contributed by atoms with Gasteiger partial charge in [-0.05, 0) is 18.2 Å². The predicted molar refractivity (Wildman–Crippen MR) is 106 cm³/mol. The molecule has 1 N–H and O–H groups in total. The minimum Gasteiger partial charge on any atom is -0.358 e. The number of aromatic nitrogens is 1. The van der Waals surface area contributed by atoms with Gasteiger partial charge in [-0.2, -0.15) is 5.26 Å². The summed E-state index contributed by atoms with van der Waals surface area (Å²) in [6.45, 7) is 0. The molecule has 9 heteroatoms. The predicted octanol–water partition coefficient (Wildman–Crippen LogP) is 5.60. The summed E-state index contributed by atoms with van der Waals surface area (Å²) >= 11 is 4.40. The molecule has 3 rings (SSSR count). The van der Waals surface area contributed by atoms with Crippen LogP contribution < -0.4 is 5.32 Å².